The van der Waals surface area contributed by atoms with E-state index in [2.05, 4.69) is 0 Å². The van der Waals surface area contributed by atoms with Gasteiger partial charge in [0.1, 0.15) is 11.0 Å². The Hall–Kier alpha value is -1.44. The van der Waals surface area contributed by atoms with Crippen molar-refractivity contribution in [2.24, 2.45) is 0 Å². The zero-order valence-electron chi connectivity index (χ0n) is 24.8. The Morgan fingerprint density at radius 2 is 1.21 bits per heavy atom. The summed E-state index contributed by atoms with van der Waals surface area (Å²) in [6, 6.07) is 8.37. The minimum atomic E-state index is -4.97. The maximum Gasteiger partial charge on any atom is 0.416 e. The molecule has 2 aliphatic rings. The predicted octanol–water partition coefficient (Wildman–Crippen LogP) is 9.98. The first-order valence-electron chi connectivity index (χ1n) is 14.9. The van der Waals surface area contributed by atoms with Gasteiger partial charge < -0.3 is 0 Å². The number of halogens is 6. The van der Waals surface area contributed by atoms with Gasteiger partial charge in [0.2, 0.25) is 0 Å². The molecule has 42 heavy (non-hydrogen) atoms. The summed E-state index contributed by atoms with van der Waals surface area (Å²) in [5.74, 6) is 0. The van der Waals surface area contributed by atoms with E-state index >= 15 is 0 Å². The lowest BCUT2D eigenvalue weighted by atomic mass is 9.94. The number of alkyl halides is 6. The first-order valence-corrected chi connectivity index (χ1v) is 17.5. The van der Waals surface area contributed by atoms with Crippen molar-refractivity contribution in [3.8, 4) is 0 Å². The van der Waals surface area contributed by atoms with Crippen LogP contribution in [0.2, 0.25) is 0 Å². The quantitative estimate of drug-likeness (QED) is 0.220. The minimum Gasteiger partial charge on any atom is -0.242 e. The van der Waals surface area contributed by atoms with Gasteiger partial charge >= 0.3 is 12.4 Å². The third-order valence-corrected chi connectivity index (χ3v) is 13.9. The zero-order valence-corrected chi connectivity index (χ0v) is 26.5. The molecule has 2 saturated carbocycles. The molecular formula is C32H42F6NOPS. The minimum absolute atomic E-state index is 0.146. The van der Waals surface area contributed by atoms with Crippen molar-refractivity contribution < 1.29 is 30.6 Å². The predicted molar refractivity (Wildman–Crippen MR) is 161 cm³/mol. The van der Waals surface area contributed by atoms with E-state index in [1.54, 1.807) is 33.9 Å². The smallest absolute Gasteiger partial charge is 0.242 e. The molecule has 2 atom stereocenters. The summed E-state index contributed by atoms with van der Waals surface area (Å²) >= 11 is 0. The van der Waals surface area contributed by atoms with E-state index in [4.69, 9.17) is 0 Å². The Morgan fingerprint density at radius 3 is 1.64 bits per heavy atom. The molecule has 0 saturated heterocycles. The lowest BCUT2D eigenvalue weighted by Gasteiger charge is -2.41. The SMILES string of the molecule is CN(C(c1cc(C(F)(F)F)cc(C(F)(F)F)c1)c1ccccc1P(C1CCCCC1)C1CCCCC1)[S@](=O)C(C)(C)C. The van der Waals surface area contributed by atoms with Crippen LogP contribution >= 0.6 is 7.92 Å². The summed E-state index contributed by atoms with van der Waals surface area (Å²) in [5.41, 5.74) is -1.26. The molecule has 0 heterocycles. The second-order valence-electron chi connectivity index (χ2n) is 12.7. The number of rotatable bonds is 7. The summed E-state index contributed by atoms with van der Waals surface area (Å²) in [4.78, 5) is 0. The third-order valence-electron chi connectivity index (χ3n) is 8.52. The van der Waals surface area contributed by atoms with E-state index in [1.165, 1.54) is 17.1 Å². The van der Waals surface area contributed by atoms with E-state index in [1.807, 2.05) is 18.2 Å². The molecule has 0 amide bonds. The van der Waals surface area contributed by atoms with Crippen molar-refractivity contribution in [2.75, 3.05) is 7.05 Å². The van der Waals surface area contributed by atoms with Crippen LogP contribution in [0.5, 0.6) is 0 Å². The highest BCUT2D eigenvalue weighted by molar-refractivity contribution is 7.84. The molecule has 2 fully saturated rings. The molecule has 2 nitrogen and oxygen atoms in total. The monoisotopic (exact) mass is 633 g/mol. The number of hydrogen-bond acceptors (Lipinski definition) is 1. The first-order chi connectivity index (χ1) is 19.6. The maximum atomic E-state index is 14.0. The average Bonchev–Trinajstić information content (AvgIpc) is 2.93. The molecule has 1 unspecified atom stereocenters. The Bertz CT molecular complexity index is 1180. The van der Waals surface area contributed by atoms with Crippen molar-refractivity contribution in [1.29, 1.82) is 0 Å². The summed E-state index contributed by atoms with van der Waals surface area (Å²) in [6.45, 7) is 5.27. The second kappa shape index (κ2) is 13.3. The van der Waals surface area contributed by atoms with Crippen LogP contribution in [0.15, 0.2) is 42.5 Å². The lowest BCUT2D eigenvalue weighted by Crippen LogP contribution is -2.40. The van der Waals surface area contributed by atoms with E-state index in [9.17, 15) is 30.6 Å². The molecule has 2 aliphatic carbocycles. The zero-order chi connectivity index (χ0) is 30.9. The highest BCUT2D eigenvalue weighted by Gasteiger charge is 2.41. The Balaban J connectivity index is 1.97. The molecule has 0 N–H and O–H groups in total. The third kappa shape index (κ3) is 7.79. The van der Waals surface area contributed by atoms with Gasteiger partial charge in [0, 0.05) is 7.05 Å². The molecule has 0 aliphatic heterocycles. The fourth-order valence-corrected chi connectivity index (χ4v) is 11.9. The fraction of sp³-hybridized carbons (Fsp3) is 0.625. The van der Waals surface area contributed by atoms with Crippen LogP contribution in [0.4, 0.5) is 26.3 Å². The summed E-state index contributed by atoms with van der Waals surface area (Å²) in [5, 5.41) is 1.04. The van der Waals surface area contributed by atoms with Gasteiger partial charge in [0.05, 0.1) is 21.9 Å². The van der Waals surface area contributed by atoms with Crippen LogP contribution in [-0.4, -0.2) is 31.6 Å². The molecule has 10 heteroatoms. The molecule has 0 bridgehead atoms. The summed E-state index contributed by atoms with van der Waals surface area (Å²) in [6.07, 6.45) is 1.34. The Kier molecular flexibility index (Phi) is 10.6. The van der Waals surface area contributed by atoms with Gasteiger partial charge in [0.25, 0.3) is 0 Å². The van der Waals surface area contributed by atoms with Gasteiger partial charge in [-0.1, -0.05) is 70.7 Å². The van der Waals surface area contributed by atoms with Gasteiger partial charge in [-0.3, -0.25) is 0 Å². The fourth-order valence-electron chi connectivity index (χ4n) is 6.61. The highest BCUT2D eigenvalue weighted by Crippen LogP contribution is 2.56. The van der Waals surface area contributed by atoms with Crippen LogP contribution in [0.1, 0.15) is 113 Å². The normalized spacial score (nSPS) is 19.8. The van der Waals surface area contributed by atoms with Crippen LogP contribution in [0.25, 0.3) is 0 Å². The molecule has 234 valence electrons. The van der Waals surface area contributed by atoms with E-state index in [-0.39, 0.29) is 11.6 Å². The second-order valence-corrected chi connectivity index (χ2v) is 17.8. The number of nitrogens with zero attached hydrogens (tertiary/aromatic N) is 1. The van der Waals surface area contributed by atoms with Crippen molar-refractivity contribution in [1.82, 2.24) is 4.31 Å². The van der Waals surface area contributed by atoms with Gasteiger partial charge in [-0.2, -0.15) is 26.3 Å². The van der Waals surface area contributed by atoms with Gasteiger partial charge in [0.15, 0.2) is 0 Å². The summed E-state index contributed by atoms with van der Waals surface area (Å²) in [7, 11) is -0.905. The Morgan fingerprint density at radius 1 is 0.762 bits per heavy atom. The standard InChI is InChI=1S/C32H42F6NOPS/c1-30(2,3)42(40)39(4)29(22-19-23(31(33,34)35)21-24(20-22)32(36,37)38)27-17-11-12-18-28(27)41(25-13-7-5-8-14-25)26-15-9-6-10-16-26/h11-12,17-21,25-26,29H,5-10,13-16H2,1-4H3/t29?,42-/m1/s1. The van der Waals surface area contributed by atoms with E-state index in [0.29, 0.717) is 16.9 Å². The van der Waals surface area contributed by atoms with Crippen molar-refractivity contribution in [3.05, 3.63) is 64.7 Å². The number of benzene rings is 2. The molecule has 0 spiro atoms. The van der Waals surface area contributed by atoms with Gasteiger partial charge in [-0.05, 0) is 92.4 Å². The summed E-state index contributed by atoms with van der Waals surface area (Å²) < 4.78 is 98.5. The maximum absolute atomic E-state index is 14.0. The molecular weight excluding hydrogens is 591 g/mol. The first kappa shape index (κ1) is 33.5. The van der Waals surface area contributed by atoms with Crippen LogP contribution in [0.3, 0.4) is 0 Å². The lowest BCUT2D eigenvalue weighted by molar-refractivity contribution is -0.143. The molecule has 0 radical (unpaired) electrons. The molecule has 2 aromatic rings. The largest absolute Gasteiger partial charge is 0.416 e. The van der Waals surface area contributed by atoms with Crippen molar-refractivity contribution in [3.63, 3.8) is 0 Å². The van der Waals surface area contributed by atoms with Crippen molar-refractivity contribution in [2.45, 2.75) is 119 Å². The molecule has 2 aromatic carbocycles. The van der Waals surface area contributed by atoms with E-state index < -0.39 is 53.2 Å². The van der Waals surface area contributed by atoms with Crippen molar-refractivity contribution >= 4 is 24.2 Å². The van der Waals surface area contributed by atoms with E-state index in [0.717, 1.165) is 68.8 Å². The van der Waals surface area contributed by atoms with Crippen LogP contribution < -0.4 is 5.30 Å². The van der Waals surface area contributed by atoms with Gasteiger partial charge in [-0.15, -0.1) is 0 Å². The molecule has 4 rings (SSSR count). The highest BCUT2D eigenvalue weighted by atomic mass is 32.2. The van der Waals surface area contributed by atoms with Gasteiger partial charge in [-0.25, -0.2) is 8.51 Å². The Labute approximate surface area is 250 Å². The van der Waals surface area contributed by atoms with Crippen LogP contribution in [-0.2, 0) is 23.3 Å². The average molecular weight is 634 g/mol. The number of hydrogen-bond donors (Lipinski definition) is 0. The molecule has 0 aromatic heterocycles. The topological polar surface area (TPSA) is 20.3 Å². The van der Waals surface area contributed by atoms with Crippen LogP contribution in [0, 0.1) is 0 Å².